The van der Waals surface area contributed by atoms with Crippen molar-refractivity contribution >= 4 is 21.7 Å². The zero-order valence-electron chi connectivity index (χ0n) is 15.8. The summed E-state index contributed by atoms with van der Waals surface area (Å²) in [6.45, 7) is 2.30. The number of hydrogen-bond acceptors (Lipinski definition) is 6. The highest BCUT2D eigenvalue weighted by atomic mass is 32.2. The van der Waals surface area contributed by atoms with Crippen LogP contribution in [-0.4, -0.2) is 40.2 Å². The molecule has 0 spiro atoms. The van der Waals surface area contributed by atoms with Gasteiger partial charge in [-0.25, -0.2) is 8.42 Å². The number of hydrogen-bond donors (Lipinski definition) is 2. The van der Waals surface area contributed by atoms with Crippen molar-refractivity contribution < 1.29 is 27.5 Å². The van der Waals surface area contributed by atoms with E-state index in [0.29, 0.717) is 23.7 Å². The summed E-state index contributed by atoms with van der Waals surface area (Å²) in [6, 6.07) is 10.7. The van der Waals surface area contributed by atoms with Gasteiger partial charge in [0.05, 0.1) is 19.5 Å². The fraction of sp³-hybridized carbons (Fsp3) is 0.263. The lowest BCUT2D eigenvalue weighted by Crippen LogP contribution is -2.41. The summed E-state index contributed by atoms with van der Waals surface area (Å²) < 4.78 is 33.2. The summed E-state index contributed by atoms with van der Waals surface area (Å²) in [4.78, 5) is 24.4. The van der Waals surface area contributed by atoms with Gasteiger partial charge in [0.15, 0.2) is 21.3 Å². The molecule has 28 heavy (non-hydrogen) atoms. The standard InChI is InChI=1S/C19H22N2O6S/c1-4-27-16-10-9-15(11-17(16)26-2)19(23)21-20-18(22)14-7-5-13(6-8-14)12-28(3,24)25/h5-11H,4,12H2,1-3H3,(H,20,22)(H,21,23). The van der Waals surface area contributed by atoms with Gasteiger partial charge >= 0.3 is 0 Å². The first-order valence-electron chi connectivity index (χ1n) is 8.41. The average Bonchev–Trinajstić information content (AvgIpc) is 2.65. The maximum atomic E-state index is 12.2. The van der Waals surface area contributed by atoms with Crippen molar-refractivity contribution in [3.8, 4) is 11.5 Å². The Bertz CT molecular complexity index is 955. The number of carbonyl (C=O) groups is 2. The molecule has 2 aromatic rings. The van der Waals surface area contributed by atoms with E-state index in [1.54, 1.807) is 24.3 Å². The second kappa shape index (κ2) is 9.23. The molecular weight excluding hydrogens is 384 g/mol. The van der Waals surface area contributed by atoms with Gasteiger partial charge in [-0.3, -0.25) is 20.4 Å². The number of hydrazine groups is 1. The first-order chi connectivity index (χ1) is 13.2. The molecule has 0 saturated carbocycles. The monoisotopic (exact) mass is 406 g/mol. The summed E-state index contributed by atoms with van der Waals surface area (Å²) in [7, 11) is -1.68. The van der Waals surface area contributed by atoms with E-state index < -0.39 is 21.7 Å². The van der Waals surface area contributed by atoms with Crippen molar-refractivity contribution in [1.82, 2.24) is 10.9 Å². The quantitative estimate of drug-likeness (QED) is 0.678. The van der Waals surface area contributed by atoms with Gasteiger partial charge in [0, 0.05) is 17.4 Å². The Morgan fingerprint density at radius 1 is 0.929 bits per heavy atom. The Morgan fingerprint density at radius 3 is 2.04 bits per heavy atom. The number of methoxy groups -OCH3 is 1. The van der Waals surface area contributed by atoms with Gasteiger partial charge in [0.2, 0.25) is 0 Å². The summed E-state index contributed by atoms with van der Waals surface area (Å²) in [5.41, 5.74) is 5.77. The first kappa shape index (κ1) is 21.2. The van der Waals surface area contributed by atoms with Crippen LogP contribution in [0, 0.1) is 0 Å². The van der Waals surface area contributed by atoms with E-state index in [2.05, 4.69) is 10.9 Å². The minimum atomic E-state index is -3.15. The van der Waals surface area contributed by atoms with Crippen LogP contribution in [0.1, 0.15) is 33.2 Å². The third-order valence-corrected chi connectivity index (χ3v) is 4.52. The van der Waals surface area contributed by atoms with Gasteiger partial charge < -0.3 is 9.47 Å². The predicted molar refractivity (Wildman–Crippen MR) is 104 cm³/mol. The lowest BCUT2D eigenvalue weighted by atomic mass is 10.1. The molecule has 0 aromatic heterocycles. The van der Waals surface area contributed by atoms with Crippen molar-refractivity contribution in [2.75, 3.05) is 20.0 Å². The highest BCUT2D eigenvalue weighted by Gasteiger charge is 2.13. The van der Waals surface area contributed by atoms with E-state index in [9.17, 15) is 18.0 Å². The van der Waals surface area contributed by atoms with E-state index in [1.807, 2.05) is 6.92 Å². The number of carbonyl (C=O) groups excluding carboxylic acids is 2. The van der Waals surface area contributed by atoms with Gasteiger partial charge in [0.25, 0.3) is 11.8 Å². The lowest BCUT2D eigenvalue weighted by molar-refractivity contribution is 0.0846. The first-order valence-corrected chi connectivity index (χ1v) is 10.5. The van der Waals surface area contributed by atoms with Crippen molar-refractivity contribution in [3.05, 3.63) is 59.2 Å². The Labute approximate surface area is 163 Å². The molecule has 0 heterocycles. The maximum absolute atomic E-state index is 12.2. The Balaban J connectivity index is 1.99. The van der Waals surface area contributed by atoms with Gasteiger partial charge in [-0.05, 0) is 42.8 Å². The van der Waals surface area contributed by atoms with Crippen molar-refractivity contribution in [1.29, 1.82) is 0 Å². The predicted octanol–water partition coefficient (Wildman–Crippen LogP) is 1.71. The SMILES string of the molecule is CCOc1ccc(C(=O)NNC(=O)c2ccc(CS(C)(=O)=O)cc2)cc1OC. The van der Waals surface area contributed by atoms with Crippen LogP contribution in [0.2, 0.25) is 0 Å². The second-order valence-corrected chi connectivity index (χ2v) is 8.11. The Kier molecular flexibility index (Phi) is 7.00. The molecule has 2 rings (SSSR count). The molecule has 0 atom stereocenters. The van der Waals surface area contributed by atoms with Crippen LogP contribution in [-0.2, 0) is 15.6 Å². The van der Waals surface area contributed by atoms with E-state index in [0.717, 1.165) is 6.26 Å². The van der Waals surface area contributed by atoms with Gasteiger partial charge in [-0.15, -0.1) is 0 Å². The fourth-order valence-electron chi connectivity index (χ4n) is 2.40. The van der Waals surface area contributed by atoms with Crippen LogP contribution >= 0.6 is 0 Å². The van der Waals surface area contributed by atoms with Crippen LogP contribution in [0.15, 0.2) is 42.5 Å². The number of nitrogens with one attached hydrogen (secondary N) is 2. The normalized spacial score (nSPS) is 10.8. The molecule has 150 valence electrons. The molecule has 0 bridgehead atoms. The van der Waals surface area contributed by atoms with Crippen LogP contribution in [0.25, 0.3) is 0 Å². The smallest absolute Gasteiger partial charge is 0.269 e. The molecule has 0 saturated heterocycles. The van der Waals surface area contributed by atoms with Crippen LogP contribution in [0.5, 0.6) is 11.5 Å². The van der Waals surface area contributed by atoms with Crippen LogP contribution < -0.4 is 20.3 Å². The highest BCUT2D eigenvalue weighted by molar-refractivity contribution is 7.89. The van der Waals surface area contributed by atoms with Gasteiger partial charge in [-0.1, -0.05) is 12.1 Å². The van der Waals surface area contributed by atoms with Crippen LogP contribution in [0.3, 0.4) is 0 Å². The second-order valence-electron chi connectivity index (χ2n) is 5.97. The summed E-state index contributed by atoms with van der Waals surface area (Å²) >= 11 is 0. The van der Waals surface area contributed by atoms with E-state index >= 15 is 0 Å². The molecule has 2 aromatic carbocycles. The minimum absolute atomic E-state index is 0.106. The number of sulfone groups is 1. The third-order valence-electron chi connectivity index (χ3n) is 3.66. The van der Waals surface area contributed by atoms with E-state index in [-0.39, 0.29) is 16.9 Å². The highest BCUT2D eigenvalue weighted by Crippen LogP contribution is 2.27. The number of rotatable bonds is 7. The molecule has 0 aliphatic rings. The maximum Gasteiger partial charge on any atom is 0.269 e. The summed E-state index contributed by atoms with van der Waals surface area (Å²) in [6.07, 6.45) is 1.14. The zero-order chi connectivity index (χ0) is 20.7. The molecular formula is C19H22N2O6S. The molecule has 0 aliphatic carbocycles. The van der Waals surface area contributed by atoms with Crippen molar-refractivity contribution in [3.63, 3.8) is 0 Å². The van der Waals surface area contributed by atoms with Crippen LogP contribution in [0.4, 0.5) is 0 Å². The molecule has 2 amide bonds. The lowest BCUT2D eigenvalue weighted by Gasteiger charge is -2.12. The van der Waals surface area contributed by atoms with E-state index in [1.165, 1.54) is 25.3 Å². The third kappa shape index (κ3) is 5.98. The Hall–Kier alpha value is -3.07. The minimum Gasteiger partial charge on any atom is -0.493 e. The zero-order valence-corrected chi connectivity index (χ0v) is 16.6. The molecule has 0 unspecified atom stereocenters. The Morgan fingerprint density at radius 2 is 1.50 bits per heavy atom. The number of amides is 2. The molecule has 0 fully saturated rings. The molecule has 0 radical (unpaired) electrons. The van der Waals surface area contributed by atoms with Crippen molar-refractivity contribution in [2.24, 2.45) is 0 Å². The summed E-state index contributed by atoms with van der Waals surface area (Å²) in [5.74, 6) is -0.242. The fourth-order valence-corrected chi connectivity index (χ4v) is 3.19. The largest absolute Gasteiger partial charge is 0.493 e. The molecule has 2 N–H and O–H groups in total. The molecule has 9 heteroatoms. The molecule has 0 aliphatic heterocycles. The summed E-state index contributed by atoms with van der Waals surface area (Å²) in [5, 5.41) is 0. The molecule has 8 nitrogen and oxygen atoms in total. The number of benzene rings is 2. The number of ether oxygens (including phenoxy) is 2. The van der Waals surface area contributed by atoms with Crippen molar-refractivity contribution in [2.45, 2.75) is 12.7 Å². The van der Waals surface area contributed by atoms with Gasteiger partial charge in [-0.2, -0.15) is 0 Å². The topological polar surface area (TPSA) is 111 Å². The van der Waals surface area contributed by atoms with E-state index in [4.69, 9.17) is 9.47 Å². The van der Waals surface area contributed by atoms with Gasteiger partial charge in [0.1, 0.15) is 0 Å². The average molecular weight is 406 g/mol.